The van der Waals surface area contributed by atoms with Gasteiger partial charge in [-0.25, -0.2) is 4.68 Å². The van der Waals surface area contributed by atoms with E-state index in [1.54, 1.807) is 10.9 Å². The fourth-order valence-corrected chi connectivity index (χ4v) is 3.06. The van der Waals surface area contributed by atoms with Crippen LogP contribution in [0.25, 0.3) is 16.6 Å². The molecule has 0 spiro atoms. The highest BCUT2D eigenvalue weighted by molar-refractivity contribution is 5.99. The highest BCUT2D eigenvalue weighted by Crippen LogP contribution is 2.22. The number of hydrogen-bond donors (Lipinski definition) is 2. The maximum Gasteiger partial charge on any atom is 0.251 e. The molecule has 2 aromatic carbocycles. The second kappa shape index (κ2) is 6.52. The van der Waals surface area contributed by atoms with Crippen molar-refractivity contribution in [2.75, 3.05) is 0 Å². The van der Waals surface area contributed by atoms with E-state index in [-0.39, 0.29) is 5.91 Å². The van der Waals surface area contributed by atoms with Gasteiger partial charge in [0.05, 0.1) is 11.9 Å². The molecule has 0 aliphatic carbocycles. The summed E-state index contributed by atoms with van der Waals surface area (Å²) in [6.45, 7) is 4.54. The zero-order valence-corrected chi connectivity index (χ0v) is 14.8. The molecular weight excluding hydrogens is 324 g/mol. The van der Waals surface area contributed by atoms with Crippen molar-refractivity contribution >= 4 is 16.8 Å². The summed E-state index contributed by atoms with van der Waals surface area (Å²) in [5.41, 5.74) is 5.98. The number of rotatable bonds is 4. The number of nitrogens with zero attached hydrogens (tertiary/aromatic N) is 2. The van der Waals surface area contributed by atoms with Gasteiger partial charge in [0.25, 0.3) is 5.91 Å². The minimum Gasteiger partial charge on any atom is -0.358 e. The van der Waals surface area contributed by atoms with Crippen LogP contribution in [0.4, 0.5) is 0 Å². The molecule has 130 valence electrons. The van der Waals surface area contributed by atoms with Crippen LogP contribution in [-0.2, 0) is 6.54 Å². The van der Waals surface area contributed by atoms with E-state index in [9.17, 15) is 4.79 Å². The van der Waals surface area contributed by atoms with Crippen LogP contribution >= 0.6 is 0 Å². The normalized spacial score (nSPS) is 11.0. The van der Waals surface area contributed by atoms with E-state index in [0.29, 0.717) is 12.1 Å². The third-order valence-electron chi connectivity index (χ3n) is 4.68. The van der Waals surface area contributed by atoms with Crippen LogP contribution in [0.5, 0.6) is 0 Å². The van der Waals surface area contributed by atoms with Crippen LogP contribution in [0.2, 0.25) is 0 Å². The Morgan fingerprint density at radius 2 is 1.96 bits per heavy atom. The zero-order valence-electron chi connectivity index (χ0n) is 14.8. The van der Waals surface area contributed by atoms with Crippen molar-refractivity contribution in [1.82, 2.24) is 20.1 Å². The topological polar surface area (TPSA) is 62.7 Å². The molecule has 26 heavy (non-hydrogen) atoms. The predicted octanol–water partition coefficient (Wildman–Crippen LogP) is 3.90. The van der Waals surface area contributed by atoms with E-state index in [2.05, 4.69) is 22.3 Å². The molecule has 2 heterocycles. The average molecular weight is 344 g/mol. The SMILES string of the molecule is Cc1[nH]c2ccc(C(=O)NCc3cnn(-c4ccccc4)c3)cc2c1C. The van der Waals surface area contributed by atoms with Crippen molar-refractivity contribution in [1.29, 1.82) is 0 Å². The molecule has 0 saturated carbocycles. The lowest BCUT2D eigenvalue weighted by atomic mass is 10.1. The number of aryl methyl sites for hydroxylation is 2. The third-order valence-corrected chi connectivity index (χ3v) is 4.68. The summed E-state index contributed by atoms with van der Waals surface area (Å²) >= 11 is 0. The molecule has 0 radical (unpaired) electrons. The van der Waals surface area contributed by atoms with Crippen LogP contribution in [0.15, 0.2) is 60.9 Å². The molecule has 2 N–H and O–H groups in total. The van der Waals surface area contributed by atoms with Gasteiger partial charge in [-0.1, -0.05) is 18.2 Å². The van der Waals surface area contributed by atoms with Crippen molar-refractivity contribution in [3.63, 3.8) is 0 Å². The van der Waals surface area contributed by atoms with Crippen molar-refractivity contribution in [2.24, 2.45) is 0 Å². The lowest BCUT2D eigenvalue weighted by molar-refractivity contribution is 0.0951. The number of fused-ring (bicyclic) bond motifs is 1. The molecule has 4 aromatic rings. The van der Waals surface area contributed by atoms with Crippen molar-refractivity contribution < 1.29 is 4.79 Å². The Bertz CT molecular complexity index is 1080. The van der Waals surface area contributed by atoms with Crippen LogP contribution in [-0.4, -0.2) is 20.7 Å². The number of carbonyl (C=O) groups is 1. The second-order valence-corrected chi connectivity index (χ2v) is 6.45. The smallest absolute Gasteiger partial charge is 0.251 e. The van der Waals surface area contributed by atoms with Gasteiger partial charge in [-0.05, 0) is 49.7 Å². The number of H-pyrrole nitrogens is 1. The monoisotopic (exact) mass is 344 g/mol. The van der Waals surface area contributed by atoms with Gasteiger partial charge in [0.1, 0.15) is 0 Å². The quantitative estimate of drug-likeness (QED) is 0.590. The lowest BCUT2D eigenvalue weighted by Crippen LogP contribution is -2.22. The first kappa shape index (κ1) is 16.1. The second-order valence-electron chi connectivity index (χ2n) is 6.45. The Balaban J connectivity index is 1.47. The first-order valence-electron chi connectivity index (χ1n) is 8.58. The van der Waals surface area contributed by atoms with Crippen LogP contribution in [0.3, 0.4) is 0 Å². The summed E-state index contributed by atoms with van der Waals surface area (Å²) in [4.78, 5) is 15.8. The van der Waals surface area contributed by atoms with Crippen LogP contribution in [0, 0.1) is 13.8 Å². The molecule has 0 aliphatic rings. The fourth-order valence-electron chi connectivity index (χ4n) is 3.06. The van der Waals surface area contributed by atoms with E-state index in [1.807, 2.05) is 61.7 Å². The third kappa shape index (κ3) is 2.99. The van der Waals surface area contributed by atoms with Gasteiger partial charge in [-0.2, -0.15) is 5.10 Å². The molecule has 0 aliphatic heterocycles. The summed E-state index contributed by atoms with van der Waals surface area (Å²) in [5.74, 6) is -0.0855. The van der Waals surface area contributed by atoms with Gasteiger partial charge in [0.2, 0.25) is 0 Å². The fraction of sp³-hybridized carbons (Fsp3) is 0.143. The van der Waals surface area contributed by atoms with Gasteiger partial charge >= 0.3 is 0 Å². The number of nitrogens with one attached hydrogen (secondary N) is 2. The van der Waals surface area contributed by atoms with Crippen LogP contribution in [0.1, 0.15) is 27.2 Å². The maximum atomic E-state index is 12.5. The van der Waals surface area contributed by atoms with Gasteiger partial charge in [-0.15, -0.1) is 0 Å². The summed E-state index contributed by atoms with van der Waals surface area (Å²) in [6, 6.07) is 15.6. The average Bonchev–Trinajstić information content (AvgIpc) is 3.25. The largest absolute Gasteiger partial charge is 0.358 e. The number of amides is 1. The first-order chi connectivity index (χ1) is 12.6. The standard InChI is InChI=1S/C21H20N4O/c1-14-15(2)24-20-9-8-17(10-19(14)20)21(26)22-11-16-12-23-25(13-16)18-6-4-3-5-7-18/h3-10,12-13,24H,11H2,1-2H3,(H,22,26). The van der Waals surface area contributed by atoms with Gasteiger partial charge in [-0.3, -0.25) is 4.79 Å². The van der Waals surface area contributed by atoms with Crippen molar-refractivity contribution in [2.45, 2.75) is 20.4 Å². The molecule has 0 bridgehead atoms. The Hall–Kier alpha value is -3.34. The molecule has 0 fully saturated rings. The molecular formula is C21H20N4O. The molecule has 1 amide bonds. The number of para-hydroxylation sites is 1. The summed E-state index contributed by atoms with van der Waals surface area (Å²) in [6.07, 6.45) is 3.70. The molecule has 0 atom stereocenters. The van der Waals surface area contributed by atoms with E-state index in [4.69, 9.17) is 0 Å². The minimum atomic E-state index is -0.0855. The Morgan fingerprint density at radius 3 is 2.77 bits per heavy atom. The number of hydrogen-bond acceptors (Lipinski definition) is 2. The summed E-state index contributed by atoms with van der Waals surface area (Å²) < 4.78 is 1.81. The van der Waals surface area contributed by atoms with Gasteiger partial charge < -0.3 is 10.3 Å². The molecule has 4 rings (SSSR count). The molecule has 5 heteroatoms. The number of aromatic nitrogens is 3. The highest BCUT2D eigenvalue weighted by atomic mass is 16.1. The minimum absolute atomic E-state index is 0.0855. The molecule has 2 aromatic heterocycles. The predicted molar refractivity (Wildman–Crippen MR) is 103 cm³/mol. The van der Waals surface area contributed by atoms with E-state index in [1.165, 1.54) is 5.56 Å². The summed E-state index contributed by atoms with van der Waals surface area (Å²) in [7, 11) is 0. The highest BCUT2D eigenvalue weighted by Gasteiger charge is 2.10. The van der Waals surface area contributed by atoms with Crippen molar-refractivity contribution in [3.05, 3.63) is 83.3 Å². The molecule has 0 saturated heterocycles. The number of benzene rings is 2. The Morgan fingerprint density at radius 1 is 1.15 bits per heavy atom. The number of carbonyl (C=O) groups excluding carboxylic acids is 1. The summed E-state index contributed by atoms with van der Waals surface area (Å²) in [5, 5.41) is 8.41. The van der Waals surface area contributed by atoms with Crippen LogP contribution < -0.4 is 5.32 Å². The zero-order chi connectivity index (χ0) is 18.1. The Labute approximate surface area is 151 Å². The van der Waals surface area contributed by atoms with E-state index >= 15 is 0 Å². The Kier molecular flexibility index (Phi) is 4.05. The maximum absolute atomic E-state index is 12.5. The van der Waals surface area contributed by atoms with E-state index in [0.717, 1.165) is 27.8 Å². The first-order valence-corrected chi connectivity index (χ1v) is 8.58. The van der Waals surface area contributed by atoms with Gasteiger partial charge in [0, 0.05) is 40.5 Å². The van der Waals surface area contributed by atoms with Crippen molar-refractivity contribution in [3.8, 4) is 5.69 Å². The molecule has 0 unspecified atom stereocenters. The molecule has 5 nitrogen and oxygen atoms in total. The number of aromatic amines is 1. The van der Waals surface area contributed by atoms with E-state index < -0.39 is 0 Å². The van der Waals surface area contributed by atoms with Gasteiger partial charge in [0.15, 0.2) is 0 Å². The lowest BCUT2D eigenvalue weighted by Gasteiger charge is -2.04.